The maximum absolute atomic E-state index is 5.68. The summed E-state index contributed by atoms with van der Waals surface area (Å²) >= 11 is 0. The number of rotatable bonds is 1. The molecular formula is C14H11AgNO. The molecule has 0 spiro atoms. The molecule has 17 heavy (non-hydrogen) atoms. The van der Waals surface area contributed by atoms with Crippen LogP contribution >= 0.6 is 0 Å². The fourth-order valence-corrected chi connectivity index (χ4v) is 1.69. The van der Waals surface area contributed by atoms with E-state index < -0.39 is 0 Å². The van der Waals surface area contributed by atoms with Crippen LogP contribution in [0.3, 0.4) is 0 Å². The van der Waals surface area contributed by atoms with Crippen LogP contribution in [0.15, 0.2) is 52.9 Å². The number of nitrogens with zero attached hydrogens (tertiary/aromatic N) is 1. The van der Waals surface area contributed by atoms with Crippen molar-refractivity contribution in [1.82, 2.24) is 4.98 Å². The van der Waals surface area contributed by atoms with E-state index in [0.717, 1.165) is 16.7 Å². The molecule has 2 nitrogen and oxygen atoms in total. The maximum atomic E-state index is 5.68. The van der Waals surface area contributed by atoms with Gasteiger partial charge in [0.2, 0.25) is 5.89 Å². The van der Waals surface area contributed by atoms with Crippen LogP contribution in [-0.4, -0.2) is 4.98 Å². The van der Waals surface area contributed by atoms with E-state index in [9.17, 15) is 0 Å². The van der Waals surface area contributed by atoms with Crippen molar-refractivity contribution in [2.75, 3.05) is 0 Å². The van der Waals surface area contributed by atoms with Gasteiger partial charge in [-0.05, 0) is 31.2 Å². The van der Waals surface area contributed by atoms with Crippen LogP contribution in [0.25, 0.3) is 22.6 Å². The molecule has 89 valence electrons. The van der Waals surface area contributed by atoms with Crippen molar-refractivity contribution >= 4 is 11.1 Å². The average Bonchev–Trinajstić information content (AvgIpc) is 2.73. The molecule has 1 heterocycles. The van der Waals surface area contributed by atoms with Gasteiger partial charge >= 0.3 is 0 Å². The van der Waals surface area contributed by atoms with Crippen LogP contribution in [-0.2, 0) is 22.4 Å². The van der Waals surface area contributed by atoms with Crippen molar-refractivity contribution in [2.24, 2.45) is 0 Å². The van der Waals surface area contributed by atoms with Gasteiger partial charge < -0.3 is 4.42 Å². The van der Waals surface area contributed by atoms with Gasteiger partial charge in [-0.25, -0.2) is 4.98 Å². The third-order valence-corrected chi connectivity index (χ3v) is 2.59. The molecule has 1 aromatic heterocycles. The number of aromatic nitrogens is 1. The van der Waals surface area contributed by atoms with Gasteiger partial charge in [0.05, 0.1) is 0 Å². The molecule has 0 bridgehead atoms. The Morgan fingerprint density at radius 1 is 0.941 bits per heavy atom. The zero-order chi connectivity index (χ0) is 11.0. The summed E-state index contributed by atoms with van der Waals surface area (Å²) < 4.78 is 5.68. The predicted molar refractivity (Wildman–Crippen MR) is 64.2 cm³/mol. The summed E-state index contributed by atoms with van der Waals surface area (Å²) in [5.74, 6) is 0.682. The van der Waals surface area contributed by atoms with E-state index in [4.69, 9.17) is 4.42 Å². The molecule has 0 aliphatic carbocycles. The summed E-state index contributed by atoms with van der Waals surface area (Å²) in [5, 5.41) is 0. The van der Waals surface area contributed by atoms with E-state index in [1.807, 2.05) is 36.4 Å². The molecule has 3 rings (SSSR count). The summed E-state index contributed by atoms with van der Waals surface area (Å²) in [6.07, 6.45) is 0. The normalized spacial score (nSPS) is 10.2. The third kappa shape index (κ3) is 2.34. The Bertz CT molecular complexity index is 595. The molecule has 3 aromatic rings. The summed E-state index contributed by atoms with van der Waals surface area (Å²) in [7, 11) is 0. The molecule has 1 radical (unpaired) electrons. The maximum Gasteiger partial charge on any atom is 0.227 e. The van der Waals surface area contributed by atoms with Gasteiger partial charge in [0, 0.05) is 27.9 Å². The first-order chi connectivity index (χ1) is 7.83. The predicted octanol–water partition coefficient (Wildman–Crippen LogP) is 3.80. The van der Waals surface area contributed by atoms with Crippen molar-refractivity contribution < 1.29 is 26.8 Å². The summed E-state index contributed by atoms with van der Waals surface area (Å²) in [6, 6.07) is 16.0. The van der Waals surface area contributed by atoms with Crippen molar-refractivity contribution in [3.05, 3.63) is 54.1 Å². The topological polar surface area (TPSA) is 26.0 Å². The molecular weight excluding hydrogens is 306 g/mol. The second kappa shape index (κ2) is 4.88. The van der Waals surface area contributed by atoms with Gasteiger partial charge in [-0.2, -0.15) is 0 Å². The van der Waals surface area contributed by atoms with Crippen molar-refractivity contribution in [2.45, 2.75) is 6.92 Å². The van der Waals surface area contributed by atoms with Crippen molar-refractivity contribution in [3.8, 4) is 11.5 Å². The Morgan fingerprint density at radius 3 is 2.35 bits per heavy atom. The number of hydrogen-bond acceptors (Lipinski definition) is 2. The minimum atomic E-state index is 0. The largest absolute Gasteiger partial charge is 0.436 e. The van der Waals surface area contributed by atoms with Crippen LogP contribution in [0.4, 0.5) is 0 Å². The van der Waals surface area contributed by atoms with Crippen molar-refractivity contribution in [3.63, 3.8) is 0 Å². The summed E-state index contributed by atoms with van der Waals surface area (Å²) in [4.78, 5) is 4.45. The summed E-state index contributed by atoms with van der Waals surface area (Å²) in [5.41, 5.74) is 3.98. The Labute approximate surface area is 115 Å². The SMILES string of the molecule is Cc1ccc(-c2nc3ccccc3o2)cc1.[Ag]. The van der Waals surface area contributed by atoms with E-state index in [-0.39, 0.29) is 22.4 Å². The van der Waals surface area contributed by atoms with E-state index in [1.165, 1.54) is 5.56 Å². The Hall–Kier alpha value is -1.35. The molecule has 0 unspecified atom stereocenters. The zero-order valence-corrected chi connectivity index (χ0v) is 10.8. The third-order valence-electron chi connectivity index (χ3n) is 2.59. The first-order valence-electron chi connectivity index (χ1n) is 5.25. The van der Waals surface area contributed by atoms with Crippen molar-refractivity contribution in [1.29, 1.82) is 0 Å². The Kier molecular flexibility index (Phi) is 3.48. The minimum Gasteiger partial charge on any atom is -0.436 e. The van der Waals surface area contributed by atoms with Gasteiger partial charge in [-0.3, -0.25) is 0 Å². The second-order valence-electron chi connectivity index (χ2n) is 3.85. The molecule has 0 fully saturated rings. The van der Waals surface area contributed by atoms with E-state index in [2.05, 4.69) is 24.0 Å². The second-order valence-corrected chi connectivity index (χ2v) is 3.85. The van der Waals surface area contributed by atoms with Gasteiger partial charge in [-0.1, -0.05) is 29.8 Å². The van der Waals surface area contributed by atoms with Gasteiger partial charge in [0.15, 0.2) is 5.58 Å². The first kappa shape index (κ1) is 12.1. The van der Waals surface area contributed by atoms with Gasteiger partial charge in [0.1, 0.15) is 5.52 Å². The van der Waals surface area contributed by atoms with Crippen LogP contribution in [0.5, 0.6) is 0 Å². The van der Waals surface area contributed by atoms with Crippen LogP contribution in [0, 0.1) is 6.92 Å². The summed E-state index contributed by atoms with van der Waals surface area (Å²) in [6.45, 7) is 2.07. The van der Waals surface area contributed by atoms with E-state index in [1.54, 1.807) is 0 Å². The molecule has 0 saturated heterocycles. The number of fused-ring (bicyclic) bond motifs is 1. The Balaban J connectivity index is 0.00000108. The van der Waals surface area contributed by atoms with Crippen LogP contribution in [0.1, 0.15) is 5.56 Å². The molecule has 3 heteroatoms. The molecule has 2 aromatic carbocycles. The van der Waals surface area contributed by atoms with Crippen LogP contribution in [0.2, 0.25) is 0 Å². The van der Waals surface area contributed by atoms with Gasteiger partial charge in [0.25, 0.3) is 0 Å². The fraction of sp³-hybridized carbons (Fsp3) is 0.0714. The fourth-order valence-electron chi connectivity index (χ4n) is 1.69. The molecule has 0 aliphatic heterocycles. The Morgan fingerprint density at radius 2 is 1.65 bits per heavy atom. The van der Waals surface area contributed by atoms with Gasteiger partial charge in [-0.15, -0.1) is 0 Å². The molecule has 0 saturated carbocycles. The number of para-hydroxylation sites is 2. The van der Waals surface area contributed by atoms with E-state index in [0.29, 0.717) is 5.89 Å². The minimum absolute atomic E-state index is 0. The zero-order valence-electron chi connectivity index (χ0n) is 9.28. The molecule has 0 N–H and O–H groups in total. The number of benzene rings is 2. The smallest absolute Gasteiger partial charge is 0.227 e. The number of hydrogen-bond donors (Lipinski definition) is 0. The molecule has 0 atom stereocenters. The molecule has 0 amide bonds. The van der Waals surface area contributed by atoms with E-state index >= 15 is 0 Å². The quantitative estimate of drug-likeness (QED) is 0.638. The first-order valence-corrected chi connectivity index (χ1v) is 5.25. The monoisotopic (exact) mass is 316 g/mol. The number of oxazole rings is 1. The standard InChI is InChI=1S/C14H11NO.Ag/c1-10-6-8-11(9-7-10)14-15-12-4-2-3-5-13(12)16-14;/h2-9H,1H3;. The molecule has 0 aliphatic rings. The van der Waals surface area contributed by atoms with Crippen LogP contribution < -0.4 is 0 Å². The number of aryl methyl sites for hydroxylation is 1. The average molecular weight is 317 g/mol.